The number of benzene rings is 13. The standard InChI is InChI=1S/C84H57Br3N6/c1-52-28-37-61(38-29-52)91-79-25-13-10-22-76(79)88-82(91)55-34-43-70(73(85)49-55)67-19-7-4-16-64(67)58-46-59(65-17-5-8-20-68(65)71-44-35-56(50-74(71)86)83-89-77-23-11-14-26-80(77)92(83)62-39-30-53(2)31-40-62)48-60(47-58)66-18-6-9-21-69(66)72-45-36-57(51-75(72)87)84-90-78-24-12-15-27-81(78)93(84)63-41-32-54(3)33-42-63/h4-51H,1-3H3. The number of aryl methyl sites for hydroxylation is 3. The Hall–Kier alpha value is -10.3. The van der Waals surface area contributed by atoms with Crippen LogP contribution in [0.4, 0.5) is 0 Å². The highest BCUT2D eigenvalue weighted by Crippen LogP contribution is 2.47. The van der Waals surface area contributed by atoms with Gasteiger partial charge in [0.15, 0.2) is 0 Å². The van der Waals surface area contributed by atoms with Gasteiger partial charge in [-0.1, -0.05) is 246 Å². The zero-order chi connectivity index (χ0) is 62.8. The molecule has 16 aromatic rings. The summed E-state index contributed by atoms with van der Waals surface area (Å²) >= 11 is 12.4. The predicted octanol–water partition coefficient (Wildman–Crippen LogP) is 23.9. The van der Waals surface area contributed by atoms with Gasteiger partial charge in [-0.25, -0.2) is 15.0 Å². The van der Waals surface area contributed by atoms with E-state index in [1.165, 1.54) is 16.7 Å². The summed E-state index contributed by atoms with van der Waals surface area (Å²) in [6.45, 7) is 6.36. The molecule has 3 aromatic heterocycles. The Morgan fingerprint density at radius 3 is 0.742 bits per heavy atom. The van der Waals surface area contributed by atoms with Crippen LogP contribution in [0.15, 0.2) is 305 Å². The SMILES string of the molecule is Cc1ccc(-n2c(-c3ccc(-c4ccccc4-c4cc(-c5ccccc5-c5ccc(-c6nc7ccccc7n6-c6ccc(C)cc6)cc5Br)cc(-c5ccccc5-c5ccc(-c6nc7ccccc7n6-c6ccc(C)cc6)cc5Br)c4)c(Br)c3)nc3ccccc32)cc1. The van der Waals surface area contributed by atoms with Crippen molar-refractivity contribution < 1.29 is 0 Å². The number of hydrogen-bond acceptors (Lipinski definition) is 3. The lowest BCUT2D eigenvalue weighted by Crippen LogP contribution is -1.98. The summed E-state index contributed by atoms with van der Waals surface area (Å²) in [5, 5.41) is 0. The Morgan fingerprint density at radius 1 is 0.226 bits per heavy atom. The molecule has 0 saturated carbocycles. The monoisotopic (exact) mass is 1390 g/mol. The van der Waals surface area contributed by atoms with Gasteiger partial charge in [0.2, 0.25) is 0 Å². The average Bonchev–Trinajstić information content (AvgIpc) is 1.75. The highest BCUT2D eigenvalue weighted by atomic mass is 79.9. The lowest BCUT2D eigenvalue weighted by Gasteiger charge is -2.19. The smallest absolute Gasteiger partial charge is 0.145 e. The molecule has 0 atom stereocenters. The van der Waals surface area contributed by atoms with Crippen LogP contribution in [-0.4, -0.2) is 28.7 Å². The Kier molecular flexibility index (Phi) is 15.0. The van der Waals surface area contributed by atoms with Gasteiger partial charge >= 0.3 is 0 Å². The Morgan fingerprint density at radius 2 is 0.473 bits per heavy atom. The van der Waals surface area contributed by atoms with Gasteiger partial charge in [-0.3, -0.25) is 13.7 Å². The minimum absolute atomic E-state index is 0.877. The molecule has 0 amide bonds. The van der Waals surface area contributed by atoms with Crippen molar-refractivity contribution in [1.29, 1.82) is 0 Å². The zero-order valence-corrected chi connectivity index (χ0v) is 55.8. The number of hydrogen-bond donors (Lipinski definition) is 0. The van der Waals surface area contributed by atoms with Crippen LogP contribution in [0.3, 0.4) is 0 Å². The van der Waals surface area contributed by atoms with Gasteiger partial charge in [0.05, 0.1) is 33.1 Å². The molecule has 0 aliphatic carbocycles. The Labute approximate surface area is 565 Å². The largest absolute Gasteiger partial charge is 0.292 e. The highest BCUT2D eigenvalue weighted by molar-refractivity contribution is 9.11. The maximum atomic E-state index is 5.25. The van der Waals surface area contributed by atoms with E-state index in [2.05, 4.69) is 373 Å². The quantitative estimate of drug-likeness (QED) is 0.122. The molecular weight excluding hydrogens is 1330 g/mol. The third-order valence-corrected chi connectivity index (χ3v) is 19.7. The first-order chi connectivity index (χ1) is 45.6. The molecule has 0 fully saturated rings. The van der Waals surface area contributed by atoms with E-state index < -0.39 is 0 Å². The molecule has 0 N–H and O–H groups in total. The van der Waals surface area contributed by atoms with Crippen molar-refractivity contribution in [2.75, 3.05) is 0 Å². The summed E-state index contributed by atoms with van der Waals surface area (Å²) in [7, 11) is 0. The topological polar surface area (TPSA) is 53.5 Å². The molecule has 0 bridgehead atoms. The van der Waals surface area contributed by atoms with Gasteiger partial charge in [-0.2, -0.15) is 0 Å². The number of rotatable bonds is 12. The number of nitrogens with zero attached hydrogens (tertiary/aromatic N) is 6. The number of fused-ring (bicyclic) bond motifs is 3. The molecule has 6 nitrogen and oxygen atoms in total. The van der Waals surface area contributed by atoms with E-state index in [-0.39, 0.29) is 0 Å². The number of halogens is 3. The first-order valence-corrected chi connectivity index (χ1v) is 33.4. The summed E-state index contributed by atoms with van der Waals surface area (Å²) in [6.07, 6.45) is 0. The van der Waals surface area contributed by atoms with Crippen molar-refractivity contribution in [2.24, 2.45) is 0 Å². The van der Waals surface area contributed by atoms with E-state index in [9.17, 15) is 0 Å². The van der Waals surface area contributed by atoms with Crippen LogP contribution >= 0.6 is 47.8 Å². The number of imidazole rings is 3. The molecule has 0 radical (unpaired) electrons. The maximum absolute atomic E-state index is 5.25. The fourth-order valence-corrected chi connectivity index (χ4v) is 14.9. The van der Waals surface area contributed by atoms with Crippen LogP contribution in [-0.2, 0) is 0 Å². The molecule has 0 unspecified atom stereocenters. The van der Waals surface area contributed by atoms with Crippen molar-refractivity contribution in [2.45, 2.75) is 20.8 Å². The third-order valence-electron chi connectivity index (χ3n) is 17.8. The minimum Gasteiger partial charge on any atom is -0.292 e. The fourth-order valence-electron chi connectivity index (χ4n) is 13.1. The van der Waals surface area contributed by atoms with E-state index in [0.717, 1.165) is 165 Å². The molecule has 93 heavy (non-hydrogen) atoms. The van der Waals surface area contributed by atoms with Crippen LogP contribution in [0.25, 0.3) is 151 Å². The molecule has 3 heterocycles. The van der Waals surface area contributed by atoms with Gasteiger partial charge in [0.1, 0.15) is 17.5 Å². The number of para-hydroxylation sites is 6. The molecule has 0 aliphatic rings. The summed E-state index contributed by atoms with van der Waals surface area (Å²) in [4.78, 5) is 15.8. The van der Waals surface area contributed by atoms with Gasteiger partial charge in [0.25, 0.3) is 0 Å². The van der Waals surface area contributed by atoms with Gasteiger partial charge in [0, 0.05) is 47.2 Å². The van der Waals surface area contributed by atoms with Crippen molar-refractivity contribution in [1.82, 2.24) is 28.7 Å². The Balaban J connectivity index is 0.842. The highest BCUT2D eigenvalue weighted by Gasteiger charge is 2.23. The second kappa shape index (κ2) is 24.1. The van der Waals surface area contributed by atoms with Gasteiger partial charge < -0.3 is 0 Å². The van der Waals surface area contributed by atoms with E-state index in [4.69, 9.17) is 15.0 Å². The number of aromatic nitrogens is 6. The van der Waals surface area contributed by atoms with Crippen LogP contribution in [0, 0.1) is 20.8 Å². The van der Waals surface area contributed by atoms with Crippen LogP contribution in [0.5, 0.6) is 0 Å². The van der Waals surface area contributed by atoms with Crippen LogP contribution in [0.1, 0.15) is 16.7 Å². The summed E-state index contributed by atoms with van der Waals surface area (Å²) < 4.78 is 9.69. The van der Waals surface area contributed by atoms with Crippen molar-refractivity contribution in [3.05, 3.63) is 321 Å². The van der Waals surface area contributed by atoms with E-state index in [1.807, 2.05) is 0 Å². The van der Waals surface area contributed by atoms with E-state index >= 15 is 0 Å². The predicted molar refractivity (Wildman–Crippen MR) is 397 cm³/mol. The second-order valence-corrected chi connectivity index (χ2v) is 26.4. The van der Waals surface area contributed by atoms with Gasteiger partial charge in [-0.15, -0.1) is 0 Å². The maximum Gasteiger partial charge on any atom is 0.145 e. The average molecular weight is 1390 g/mol. The first-order valence-electron chi connectivity index (χ1n) is 31.0. The lowest BCUT2D eigenvalue weighted by atomic mass is 9.86. The summed E-state index contributed by atoms with van der Waals surface area (Å²) in [5.74, 6) is 2.63. The molecule has 9 heteroatoms. The summed E-state index contributed by atoms with van der Waals surface area (Å²) in [6, 6.07) is 105. The normalized spacial score (nSPS) is 11.5. The van der Waals surface area contributed by atoms with Gasteiger partial charge in [-0.05, 0) is 197 Å². The molecule has 16 rings (SSSR count). The fraction of sp³-hybridized carbons (Fsp3) is 0.0357. The molecule has 444 valence electrons. The molecule has 0 saturated heterocycles. The molecule has 0 aliphatic heterocycles. The first kappa shape index (κ1) is 57.8. The van der Waals surface area contributed by atoms with Crippen LogP contribution < -0.4 is 0 Å². The zero-order valence-electron chi connectivity index (χ0n) is 51.0. The molecule has 0 spiro atoms. The third kappa shape index (κ3) is 10.7. The minimum atomic E-state index is 0.877. The van der Waals surface area contributed by atoms with Crippen LogP contribution in [0.2, 0.25) is 0 Å². The summed E-state index contributed by atoms with van der Waals surface area (Å²) in [5.41, 5.74) is 28.8. The molecular formula is C84H57Br3N6. The van der Waals surface area contributed by atoms with Crippen molar-refractivity contribution in [3.8, 4) is 118 Å². The van der Waals surface area contributed by atoms with E-state index in [1.54, 1.807) is 0 Å². The van der Waals surface area contributed by atoms with Crippen molar-refractivity contribution in [3.63, 3.8) is 0 Å². The molecule has 13 aromatic carbocycles. The van der Waals surface area contributed by atoms with Crippen molar-refractivity contribution >= 4 is 80.9 Å². The lowest BCUT2D eigenvalue weighted by molar-refractivity contribution is 1.10. The second-order valence-electron chi connectivity index (χ2n) is 23.8. The van der Waals surface area contributed by atoms with E-state index in [0.29, 0.717) is 0 Å². The Bertz CT molecular complexity index is 5020.